The maximum atomic E-state index is 2.43. The lowest BCUT2D eigenvalue weighted by molar-refractivity contribution is 0.595. The minimum Gasteiger partial charge on any atom is -0.311 e. The van der Waals surface area contributed by atoms with Crippen LogP contribution in [0.3, 0.4) is 0 Å². The number of hydrogen-bond acceptors (Lipinski definition) is 2. The molecular formula is C65H56N2. The Morgan fingerprint density at radius 2 is 0.821 bits per heavy atom. The van der Waals surface area contributed by atoms with E-state index < -0.39 is 0 Å². The molecule has 0 heterocycles. The summed E-state index contributed by atoms with van der Waals surface area (Å²) < 4.78 is 0. The van der Waals surface area contributed by atoms with Crippen molar-refractivity contribution in [3.8, 4) is 33.4 Å². The fourth-order valence-corrected chi connectivity index (χ4v) is 9.96. The molecule has 326 valence electrons. The fourth-order valence-electron chi connectivity index (χ4n) is 9.96. The number of fused-ring (bicyclic) bond motifs is 2. The number of anilines is 3. The van der Waals surface area contributed by atoms with Crippen LogP contribution in [0.25, 0.3) is 54.9 Å². The van der Waals surface area contributed by atoms with Crippen LogP contribution in [0.1, 0.15) is 45.6 Å². The molecular weight excluding hydrogens is 809 g/mol. The van der Waals surface area contributed by atoms with Crippen LogP contribution in [-0.4, -0.2) is 0 Å². The van der Waals surface area contributed by atoms with Crippen molar-refractivity contribution in [2.75, 3.05) is 9.80 Å². The van der Waals surface area contributed by atoms with Gasteiger partial charge in [-0.2, -0.15) is 0 Å². The number of benzene rings is 8. The van der Waals surface area contributed by atoms with Gasteiger partial charge in [-0.05, 0) is 158 Å². The van der Waals surface area contributed by atoms with Gasteiger partial charge in [0.1, 0.15) is 0 Å². The molecule has 0 spiro atoms. The first-order valence-corrected chi connectivity index (χ1v) is 24.0. The van der Waals surface area contributed by atoms with Gasteiger partial charge in [0.05, 0.1) is 0 Å². The lowest BCUT2D eigenvalue weighted by Crippen LogP contribution is -2.26. The minimum atomic E-state index is -0.150. The Morgan fingerprint density at radius 1 is 0.388 bits per heavy atom. The Kier molecular flexibility index (Phi) is 11.2. The topological polar surface area (TPSA) is 6.48 Å². The van der Waals surface area contributed by atoms with Gasteiger partial charge in [0.15, 0.2) is 0 Å². The predicted molar refractivity (Wildman–Crippen MR) is 286 cm³/mol. The second kappa shape index (κ2) is 17.9. The molecule has 2 nitrogen and oxygen atoms in total. The van der Waals surface area contributed by atoms with Gasteiger partial charge in [0.2, 0.25) is 0 Å². The van der Waals surface area contributed by atoms with E-state index in [1.165, 1.54) is 83.3 Å². The Morgan fingerprint density at radius 3 is 1.28 bits per heavy atom. The van der Waals surface area contributed by atoms with Gasteiger partial charge in [-0.1, -0.05) is 191 Å². The van der Waals surface area contributed by atoms with E-state index >= 15 is 0 Å². The van der Waals surface area contributed by atoms with Gasteiger partial charge >= 0.3 is 0 Å². The second-order valence-electron chi connectivity index (χ2n) is 19.0. The molecule has 0 fully saturated rings. The van der Waals surface area contributed by atoms with Gasteiger partial charge in [0, 0.05) is 39.6 Å². The predicted octanol–water partition coefficient (Wildman–Crippen LogP) is 17.7. The van der Waals surface area contributed by atoms with Crippen LogP contribution >= 0.6 is 0 Å². The molecule has 0 saturated heterocycles. The Hall–Kier alpha value is -7.68. The molecule has 0 amide bonds. The summed E-state index contributed by atoms with van der Waals surface area (Å²) in [5, 5.41) is 5.05. The highest BCUT2D eigenvalue weighted by Gasteiger charge is 2.28. The van der Waals surface area contributed by atoms with Crippen LogP contribution in [0.15, 0.2) is 254 Å². The SMILES string of the molecule is CC1C=CC(N(C2=CCC(C)(c3cccc(-c4ccc(N(C5=CCC(C)C=C5)c5ccc(-c6ccc7ccccc7c6)cc5)cc4)c3)C=C2)c2ccc(-c3ccc4ccccc4c3)cc2)=CC1. The number of hydrogen-bond donors (Lipinski definition) is 0. The first-order chi connectivity index (χ1) is 32.8. The summed E-state index contributed by atoms with van der Waals surface area (Å²) in [4.78, 5) is 4.83. The first kappa shape index (κ1) is 42.0. The van der Waals surface area contributed by atoms with E-state index in [1.54, 1.807) is 0 Å². The van der Waals surface area contributed by atoms with Crippen LogP contribution in [0.4, 0.5) is 17.1 Å². The lowest BCUT2D eigenvalue weighted by atomic mass is 9.76. The summed E-state index contributed by atoms with van der Waals surface area (Å²) in [5.41, 5.74) is 15.6. The molecule has 3 atom stereocenters. The van der Waals surface area contributed by atoms with E-state index in [4.69, 9.17) is 0 Å². The van der Waals surface area contributed by atoms with E-state index in [0.717, 1.165) is 30.6 Å². The third kappa shape index (κ3) is 8.64. The largest absolute Gasteiger partial charge is 0.311 e. The van der Waals surface area contributed by atoms with Crippen molar-refractivity contribution in [1.29, 1.82) is 0 Å². The van der Waals surface area contributed by atoms with E-state index in [0.29, 0.717) is 11.8 Å². The van der Waals surface area contributed by atoms with Gasteiger partial charge < -0.3 is 9.80 Å². The summed E-state index contributed by atoms with van der Waals surface area (Å²) in [6.07, 6.45) is 24.2. The van der Waals surface area contributed by atoms with Crippen molar-refractivity contribution in [3.63, 3.8) is 0 Å². The van der Waals surface area contributed by atoms with Crippen LogP contribution in [0.2, 0.25) is 0 Å². The average Bonchev–Trinajstić information content (AvgIpc) is 3.38. The molecule has 0 aromatic heterocycles. The van der Waals surface area contributed by atoms with Crippen molar-refractivity contribution < 1.29 is 0 Å². The monoisotopic (exact) mass is 864 g/mol. The standard InChI is InChI=1S/C65H56N2/c1-46-15-29-59(30-16-46)66(62-35-25-51(26-36-62)56-21-19-48-9-4-6-11-53(48)43-56)61-33-23-50(24-34-61)55-13-8-14-58(45-55)65(3)41-39-64(40-42-65)67(60-31-17-47(2)18-32-60)63-37-27-52(28-38-63)57-22-20-49-10-5-7-12-54(49)44-57/h4-15,17,19-41,43-47H,16,18,42H2,1-3H3. The molecule has 3 aliphatic rings. The fraction of sp³-hybridized carbons (Fsp3) is 0.138. The Labute approximate surface area is 396 Å². The molecule has 67 heavy (non-hydrogen) atoms. The number of nitrogens with zero attached hydrogens (tertiary/aromatic N) is 2. The molecule has 0 radical (unpaired) electrons. The zero-order chi connectivity index (χ0) is 45.3. The summed E-state index contributed by atoms with van der Waals surface area (Å²) in [5.74, 6) is 1.07. The van der Waals surface area contributed by atoms with E-state index in [2.05, 4.69) is 267 Å². The highest BCUT2D eigenvalue weighted by Crippen LogP contribution is 2.41. The Bertz CT molecular complexity index is 3300. The average molecular weight is 865 g/mol. The summed E-state index contributed by atoms with van der Waals surface area (Å²) in [6.45, 7) is 6.94. The molecule has 0 saturated carbocycles. The lowest BCUT2D eigenvalue weighted by Gasteiger charge is -2.34. The van der Waals surface area contributed by atoms with Crippen LogP contribution in [0, 0.1) is 11.8 Å². The van der Waals surface area contributed by atoms with Crippen molar-refractivity contribution in [2.45, 2.75) is 45.4 Å². The maximum Gasteiger partial charge on any atom is 0.0461 e. The highest BCUT2D eigenvalue weighted by atomic mass is 15.2. The molecule has 11 rings (SSSR count). The van der Waals surface area contributed by atoms with Crippen LogP contribution < -0.4 is 9.80 Å². The first-order valence-electron chi connectivity index (χ1n) is 24.0. The van der Waals surface area contributed by atoms with Gasteiger partial charge in [-0.25, -0.2) is 0 Å². The van der Waals surface area contributed by atoms with E-state index in [9.17, 15) is 0 Å². The molecule has 8 aromatic rings. The van der Waals surface area contributed by atoms with E-state index in [-0.39, 0.29) is 5.41 Å². The molecule has 3 unspecified atom stereocenters. The molecule has 8 aromatic carbocycles. The van der Waals surface area contributed by atoms with Crippen molar-refractivity contribution in [3.05, 3.63) is 259 Å². The third-order valence-electron chi connectivity index (χ3n) is 14.1. The minimum absolute atomic E-state index is 0.150. The summed E-state index contributed by atoms with van der Waals surface area (Å²) in [7, 11) is 0. The van der Waals surface area contributed by atoms with Crippen LogP contribution in [0.5, 0.6) is 0 Å². The summed E-state index contributed by atoms with van der Waals surface area (Å²) in [6, 6.07) is 67.1. The zero-order valence-electron chi connectivity index (χ0n) is 38.7. The third-order valence-corrected chi connectivity index (χ3v) is 14.1. The second-order valence-corrected chi connectivity index (χ2v) is 19.0. The van der Waals surface area contributed by atoms with Crippen molar-refractivity contribution in [1.82, 2.24) is 0 Å². The van der Waals surface area contributed by atoms with Gasteiger partial charge in [-0.3, -0.25) is 0 Å². The molecule has 3 aliphatic carbocycles. The molecule has 0 N–H and O–H groups in total. The zero-order valence-corrected chi connectivity index (χ0v) is 38.7. The quantitative estimate of drug-likeness (QED) is 0.135. The Balaban J connectivity index is 0.841. The van der Waals surface area contributed by atoms with Gasteiger partial charge in [0.25, 0.3) is 0 Å². The molecule has 0 aliphatic heterocycles. The smallest absolute Gasteiger partial charge is 0.0461 e. The number of allylic oxidation sites excluding steroid dienone is 9. The summed E-state index contributed by atoms with van der Waals surface area (Å²) >= 11 is 0. The van der Waals surface area contributed by atoms with Crippen molar-refractivity contribution >= 4 is 38.6 Å². The van der Waals surface area contributed by atoms with Gasteiger partial charge in [-0.15, -0.1) is 0 Å². The molecule has 2 heteroatoms. The maximum absolute atomic E-state index is 2.43. The normalized spacial score (nSPS) is 18.9. The van der Waals surface area contributed by atoms with Crippen LogP contribution in [-0.2, 0) is 5.41 Å². The highest BCUT2D eigenvalue weighted by molar-refractivity contribution is 5.89. The molecule has 0 bridgehead atoms. The van der Waals surface area contributed by atoms with E-state index in [1.807, 2.05) is 0 Å². The van der Waals surface area contributed by atoms with Crippen molar-refractivity contribution in [2.24, 2.45) is 11.8 Å². The number of rotatable bonds is 10.